The van der Waals surface area contributed by atoms with Crippen LogP contribution in [0.25, 0.3) is 0 Å². The lowest BCUT2D eigenvalue weighted by atomic mass is 10.1. The van der Waals surface area contributed by atoms with Crippen LogP contribution in [0.15, 0.2) is 60.8 Å². The lowest BCUT2D eigenvalue weighted by Crippen LogP contribution is -2.03. The van der Waals surface area contributed by atoms with Gasteiger partial charge in [0.25, 0.3) is 0 Å². The van der Waals surface area contributed by atoms with Crippen molar-refractivity contribution >= 4 is 5.97 Å². The second-order valence-corrected chi connectivity index (χ2v) is 5.40. The van der Waals surface area contributed by atoms with Crippen molar-refractivity contribution < 1.29 is 20.1 Å². The number of hydrogen-bond acceptors (Lipinski definition) is 3. The summed E-state index contributed by atoms with van der Waals surface area (Å²) in [6, 6.07) is 0. The molecule has 4 heteroatoms. The van der Waals surface area contributed by atoms with Crippen LogP contribution >= 0.6 is 0 Å². The number of aliphatic hydroxyl groups is 2. The van der Waals surface area contributed by atoms with Crippen LogP contribution in [0.2, 0.25) is 0 Å². The monoisotopic (exact) mass is 334 g/mol. The van der Waals surface area contributed by atoms with E-state index in [0.717, 1.165) is 19.3 Å². The molecule has 134 valence electrons. The van der Waals surface area contributed by atoms with Crippen molar-refractivity contribution in [2.24, 2.45) is 0 Å². The third-order valence-electron chi connectivity index (χ3n) is 3.18. The molecule has 2 atom stereocenters. The Balaban J connectivity index is 3.73. The third kappa shape index (κ3) is 16.5. The van der Waals surface area contributed by atoms with E-state index in [1.807, 2.05) is 37.3 Å². The maximum absolute atomic E-state index is 10.3. The second-order valence-electron chi connectivity index (χ2n) is 5.40. The van der Waals surface area contributed by atoms with E-state index in [9.17, 15) is 15.0 Å². The molecule has 0 aliphatic heterocycles. The Morgan fingerprint density at radius 2 is 1.42 bits per heavy atom. The normalized spacial score (nSPS) is 15.5. The van der Waals surface area contributed by atoms with Gasteiger partial charge in [-0.1, -0.05) is 67.7 Å². The first-order valence-electron chi connectivity index (χ1n) is 8.45. The molecule has 0 amide bonds. The summed E-state index contributed by atoms with van der Waals surface area (Å²) in [6.45, 7) is 1.93. The molecule has 0 radical (unpaired) electrons. The number of carbonyl (C=O) groups is 1. The molecule has 0 aliphatic carbocycles. The largest absolute Gasteiger partial charge is 0.481 e. The molecule has 0 unspecified atom stereocenters. The molecule has 0 bridgehead atoms. The molecule has 0 heterocycles. The summed E-state index contributed by atoms with van der Waals surface area (Å²) >= 11 is 0. The predicted octanol–water partition coefficient (Wildman–Crippen LogP) is 3.93. The third-order valence-corrected chi connectivity index (χ3v) is 3.18. The van der Waals surface area contributed by atoms with Gasteiger partial charge in [-0.2, -0.15) is 0 Å². The van der Waals surface area contributed by atoms with Crippen LogP contribution in [0.1, 0.15) is 45.4 Å². The van der Waals surface area contributed by atoms with E-state index in [1.54, 1.807) is 18.2 Å². The van der Waals surface area contributed by atoms with Gasteiger partial charge < -0.3 is 15.3 Å². The summed E-state index contributed by atoms with van der Waals surface area (Å²) in [5.41, 5.74) is 0. The number of aliphatic carboxylic acids is 1. The minimum absolute atomic E-state index is 0.0922. The van der Waals surface area contributed by atoms with Crippen LogP contribution in [0.4, 0.5) is 0 Å². The van der Waals surface area contributed by atoms with E-state index in [4.69, 9.17) is 5.11 Å². The second kappa shape index (κ2) is 16.0. The van der Waals surface area contributed by atoms with E-state index >= 15 is 0 Å². The summed E-state index contributed by atoms with van der Waals surface area (Å²) in [7, 11) is 0. The molecule has 0 saturated heterocycles. The number of carboxylic acid groups (broad SMARTS) is 1. The first-order valence-corrected chi connectivity index (χ1v) is 8.45. The Kier molecular flexibility index (Phi) is 14.7. The zero-order chi connectivity index (χ0) is 18.0. The molecule has 0 rings (SSSR count). The molecular formula is C20H30O4. The molecule has 0 aromatic rings. The number of hydrogen-bond donors (Lipinski definition) is 3. The van der Waals surface area contributed by atoms with Crippen LogP contribution in [0.3, 0.4) is 0 Å². The summed E-state index contributed by atoms with van der Waals surface area (Å²) < 4.78 is 0. The van der Waals surface area contributed by atoms with Crippen molar-refractivity contribution in [2.75, 3.05) is 0 Å². The first-order chi connectivity index (χ1) is 11.6. The van der Waals surface area contributed by atoms with Crippen molar-refractivity contribution in [3.05, 3.63) is 60.8 Å². The van der Waals surface area contributed by atoms with Crippen molar-refractivity contribution in [1.82, 2.24) is 0 Å². The van der Waals surface area contributed by atoms with E-state index in [1.165, 1.54) is 0 Å². The van der Waals surface area contributed by atoms with Gasteiger partial charge in [-0.25, -0.2) is 0 Å². The Morgan fingerprint density at radius 3 is 1.92 bits per heavy atom. The lowest BCUT2D eigenvalue weighted by molar-refractivity contribution is -0.137. The van der Waals surface area contributed by atoms with E-state index in [2.05, 4.69) is 12.2 Å². The summed E-state index contributed by atoms with van der Waals surface area (Å²) in [5.74, 6) is -0.831. The van der Waals surface area contributed by atoms with Crippen LogP contribution in [-0.4, -0.2) is 33.5 Å². The van der Waals surface area contributed by atoms with Crippen LogP contribution in [-0.2, 0) is 4.79 Å². The lowest BCUT2D eigenvalue weighted by Gasteiger charge is -2.02. The summed E-state index contributed by atoms with van der Waals surface area (Å²) in [5, 5.41) is 27.4. The molecule has 0 spiro atoms. The fourth-order valence-electron chi connectivity index (χ4n) is 1.74. The van der Waals surface area contributed by atoms with E-state index < -0.39 is 12.1 Å². The standard InChI is InChI=1S/C20H30O4/c1-2-18(21)14-11-9-7-5-3-4-6-8-10-12-15-19(22)16-13-17-20(23)24/h3-4,7-12,14-15,18-19,21-22H,2,5-6,13,16-17H2,1H3,(H,23,24)/b4-3-,9-7-,10-8-,14-11+,15-12+/t18-,19+/m1/s1. The van der Waals surface area contributed by atoms with Gasteiger partial charge in [0.05, 0.1) is 12.2 Å². The van der Waals surface area contributed by atoms with Gasteiger partial charge in [0.2, 0.25) is 0 Å². The molecule has 4 nitrogen and oxygen atoms in total. The Labute approximate surface area is 145 Å². The molecule has 0 aromatic heterocycles. The highest BCUT2D eigenvalue weighted by atomic mass is 16.4. The fraction of sp³-hybridized carbons (Fsp3) is 0.450. The number of aliphatic hydroxyl groups excluding tert-OH is 2. The van der Waals surface area contributed by atoms with Crippen LogP contribution in [0, 0.1) is 0 Å². The topological polar surface area (TPSA) is 77.8 Å². The maximum Gasteiger partial charge on any atom is 0.303 e. The molecule has 24 heavy (non-hydrogen) atoms. The molecule has 0 saturated carbocycles. The number of rotatable bonds is 13. The highest BCUT2D eigenvalue weighted by Gasteiger charge is 2.01. The highest BCUT2D eigenvalue weighted by molar-refractivity contribution is 5.66. The van der Waals surface area contributed by atoms with Crippen molar-refractivity contribution in [3.63, 3.8) is 0 Å². The van der Waals surface area contributed by atoms with Gasteiger partial charge in [0.1, 0.15) is 0 Å². The molecule has 0 fully saturated rings. The maximum atomic E-state index is 10.3. The highest BCUT2D eigenvalue weighted by Crippen LogP contribution is 2.02. The smallest absolute Gasteiger partial charge is 0.303 e. The predicted molar refractivity (Wildman–Crippen MR) is 98.7 cm³/mol. The van der Waals surface area contributed by atoms with Gasteiger partial charge in [-0.15, -0.1) is 0 Å². The van der Waals surface area contributed by atoms with Gasteiger partial charge >= 0.3 is 5.97 Å². The van der Waals surface area contributed by atoms with E-state index in [-0.39, 0.29) is 12.5 Å². The molecule has 0 aliphatic rings. The fourth-order valence-corrected chi connectivity index (χ4v) is 1.74. The first kappa shape index (κ1) is 22.1. The minimum Gasteiger partial charge on any atom is -0.481 e. The van der Waals surface area contributed by atoms with Gasteiger partial charge in [-0.05, 0) is 32.1 Å². The van der Waals surface area contributed by atoms with E-state index in [0.29, 0.717) is 12.8 Å². The van der Waals surface area contributed by atoms with Gasteiger partial charge in [-0.3, -0.25) is 4.79 Å². The SMILES string of the molecule is CC[C@@H](O)/C=C/C=C\C/C=C\C/C=C\C=C\[C@H](O)CCCC(=O)O. The molecular weight excluding hydrogens is 304 g/mol. The Hall–Kier alpha value is -1.91. The zero-order valence-electron chi connectivity index (χ0n) is 14.4. The average Bonchev–Trinajstić information content (AvgIpc) is 2.55. The van der Waals surface area contributed by atoms with Crippen LogP contribution < -0.4 is 0 Å². The summed E-state index contributed by atoms with van der Waals surface area (Å²) in [6.07, 6.45) is 21.5. The number of allylic oxidation sites excluding steroid dienone is 8. The quantitative estimate of drug-likeness (QED) is 0.352. The van der Waals surface area contributed by atoms with Gasteiger partial charge in [0, 0.05) is 6.42 Å². The molecule has 0 aromatic carbocycles. The summed E-state index contributed by atoms with van der Waals surface area (Å²) in [4.78, 5) is 10.3. The van der Waals surface area contributed by atoms with Crippen LogP contribution in [0.5, 0.6) is 0 Å². The van der Waals surface area contributed by atoms with Crippen molar-refractivity contribution in [3.8, 4) is 0 Å². The molecule has 3 N–H and O–H groups in total. The van der Waals surface area contributed by atoms with Gasteiger partial charge in [0.15, 0.2) is 0 Å². The Bertz CT molecular complexity index is 458. The number of carboxylic acids is 1. The van der Waals surface area contributed by atoms with Crippen molar-refractivity contribution in [1.29, 1.82) is 0 Å². The Morgan fingerprint density at radius 1 is 0.875 bits per heavy atom. The minimum atomic E-state index is -0.831. The van der Waals surface area contributed by atoms with Crippen molar-refractivity contribution in [2.45, 2.75) is 57.7 Å². The zero-order valence-corrected chi connectivity index (χ0v) is 14.4. The average molecular weight is 334 g/mol.